The SMILES string of the molecule is CCN(CC(=O)NC)Cc1ccc(C#N)c(OC)c1. The molecular weight excluding hydrogens is 242 g/mol. The van der Waals surface area contributed by atoms with E-state index in [9.17, 15) is 4.79 Å². The molecule has 5 heteroatoms. The van der Waals surface area contributed by atoms with Crippen LogP contribution in [0.25, 0.3) is 0 Å². The van der Waals surface area contributed by atoms with E-state index in [1.165, 1.54) is 0 Å². The third-order valence-corrected chi connectivity index (χ3v) is 2.89. The van der Waals surface area contributed by atoms with Gasteiger partial charge in [0.05, 0.1) is 19.2 Å². The van der Waals surface area contributed by atoms with Gasteiger partial charge in [0.2, 0.25) is 5.91 Å². The van der Waals surface area contributed by atoms with Crippen LogP contribution in [0.5, 0.6) is 5.75 Å². The molecule has 19 heavy (non-hydrogen) atoms. The van der Waals surface area contributed by atoms with Crippen LogP contribution in [0.15, 0.2) is 18.2 Å². The van der Waals surface area contributed by atoms with Crippen molar-refractivity contribution in [2.24, 2.45) is 0 Å². The molecule has 0 heterocycles. The molecule has 0 aliphatic rings. The van der Waals surface area contributed by atoms with Crippen LogP contribution in [-0.4, -0.2) is 38.1 Å². The Hall–Kier alpha value is -2.06. The molecule has 1 amide bonds. The lowest BCUT2D eigenvalue weighted by molar-refractivity contribution is -0.121. The molecule has 0 spiro atoms. The number of hydrogen-bond acceptors (Lipinski definition) is 4. The van der Waals surface area contributed by atoms with Crippen LogP contribution < -0.4 is 10.1 Å². The number of hydrogen-bond donors (Lipinski definition) is 1. The average Bonchev–Trinajstić information content (AvgIpc) is 2.45. The number of ether oxygens (including phenoxy) is 1. The third-order valence-electron chi connectivity index (χ3n) is 2.89. The highest BCUT2D eigenvalue weighted by atomic mass is 16.5. The fourth-order valence-corrected chi connectivity index (χ4v) is 1.75. The molecule has 1 aromatic rings. The number of benzene rings is 1. The van der Waals surface area contributed by atoms with Crippen LogP contribution in [0.2, 0.25) is 0 Å². The maximum Gasteiger partial charge on any atom is 0.233 e. The number of nitriles is 1. The van der Waals surface area contributed by atoms with Crippen LogP contribution in [0.4, 0.5) is 0 Å². The molecule has 0 bridgehead atoms. The molecule has 0 aliphatic heterocycles. The predicted octanol–water partition coefficient (Wildman–Crippen LogP) is 1.13. The van der Waals surface area contributed by atoms with Crippen molar-refractivity contribution < 1.29 is 9.53 Å². The number of likely N-dealkylation sites (N-methyl/N-ethyl adjacent to an activating group) is 2. The van der Waals surface area contributed by atoms with Gasteiger partial charge in [-0.25, -0.2) is 0 Å². The van der Waals surface area contributed by atoms with Crippen LogP contribution in [-0.2, 0) is 11.3 Å². The molecule has 0 radical (unpaired) electrons. The number of amides is 1. The Morgan fingerprint density at radius 1 is 1.53 bits per heavy atom. The molecule has 0 fully saturated rings. The highest BCUT2D eigenvalue weighted by Gasteiger charge is 2.10. The maximum absolute atomic E-state index is 11.4. The lowest BCUT2D eigenvalue weighted by atomic mass is 10.1. The molecule has 0 saturated carbocycles. The summed E-state index contributed by atoms with van der Waals surface area (Å²) in [5, 5.41) is 11.5. The molecule has 0 unspecified atom stereocenters. The molecule has 0 atom stereocenters. The number of nitrogens with zero attached hydrogens (tertiary/aromatic N) is 2. The second kappa shape index (κ2) is 7.39. The van der Waals surface area contributed by atoms with Gasteiger partial charge in [0.1, 0.15) is 11.8 Å². The molecule has 1 N–H and O–H groups in total. The van der Waals surface area contributed by atoms with Gasteiger partial charge in [-0.1, -0.05) is 13.0 Å². The van der Waals surface area contributed by atoms with Gasteiger partial charge in [0.15, 0.2) is 0 Å². The lowest BCUT2D eigenvalue weighted by Gasteiger charge is -2.19. The van der Waals surface area contributed by atoms with Gasteiger partial charge in [0, 0.05) is 13.6 Å². The second-order valence-corrected chi connectivity index (χ2v) is 4.12. The number of nitrogens with one attached hydrogen (secondary N) is 1. The van der Waals surface area contributed by atoms with Crippen molar-refractivity contribution in [3.8, 4) is 11.8 Å². The molecule has 102 valence electrons. The molecule has 1 aromatic carbocycles. The minimum Gasteiger partial charge on any atom is -0.495 e. The zero-order chi connectivity index (χ0) is 14.3. The van der Waals surface area contributed by atoms with Crippen molar-refractivity contribution in [1.82, 2.24) is 10.2 Å². The largest absolute Gasteiger partial charge is 0.495 e. The highest BCUT2D eigenvalue weighted by Crippen LogP contribution is 2.20. The van der Waals surface area contributed by atoms with E-state index in [1.54, 1.807) is 20.2 Å². The van der Waals surface area contributed by atoms with Crippen LogP contribution in [0, 0.1) is 11.3 Å². The normalized spacial score (nSPS) is 10.1. The van der Waals surface area contributed by atoms with Gasteiger partial charge in [-0.05, 0) is 24.2 Å². The van der Waals surface area contributed by atoms with Crippen molar-refractivity contribution in [3.63, 3.8) is 0 Å². The Bertz CT molecular complexity index is 480. The van der Waals surface area contributed by atoms with E-state index in [0.717, 1.165) is 12.1 Å². The van der Waals surface area contributed by atoms with Crippen LogP contribution in [0.3, 0.4) is 0 Å². The van der Waals surface area contributed by atoms with Crippen molar-refractivity contribution >= 4 is 5.91 Å². The number of rotatable bonds is 6. The fraction of sp³-hybridized carbons (Fsp3) is 0.429. The summed E-state index contributed by atoms with van der Waals surface area (Å²) in [6.07, 6.45) is 0. The summed E-state index contributed by atoms with van der Waals surface area (Å²) < 4.78 is 5.17. The first-order valence-electron chi connectivity index (χ1n) is 6.14. The van der Waals surface area contributed by atoms with E-state index in [0.29, 0.717) is 24.4 Å². The standard InChI is InChI=1S/C14H19N3O2/c1-4-17(10-14(18)16-2)9-11-5-6-12(8-15)13(7-11)19-3/h5-7H,4,9-10H2,1-3H3,(H,16,18). The summed E-state index contributed by atoms with van der Waals surface area (Å²) in [5.41, 5.74) is 1.53. The quantitative estimate of drug-likeness (QED) is 0.834. The van der Waals surface area contributed by atoms with Gasteiger partial charge in [-0.15, -0.1) is 0 Å². The minimum absolute atomic E-state index is 0.0116. The van der Waals surface area contributed by atoms with E-state index in [2.05, 4.69) is 11.4 Å². The first kappa shape index (κ1) is 15.0. The zero-order valence-electron chi connectivity index (χ0n) is 11.6. The van der Waals surface area contributed by atoms with Crippen LogP contribution in [0.1, 0.15) is 18.1 Å². The van der Waals surface area contributed by atoms with Gasteiger partial charge in [0.25, 0.3) is 0 Å². The first-order chi connectivity index (χ1) is 9.14. The zero-order valence-corrected chi connectivity index (χ0v) is 11.6. The Labute approximate surface area is 113 Å². The van der Waals surface area contributed by atoms with Crippen molar-refractivity contribution in [2.75, 3.05) is 27.2 Å². The number of carbonyl (C=O) groups is 1. The van der Waals surface area contributed by atoms with Gasteiger partial charge >= 0.3 is 0 Å². The molecule has 1 rings (SSSR count). The summed E-state index contributed by atoms with van der Waals surface area (Å²) >= 11 is 0. The second-order valence-electron chi connectivity index (χ2n) is 4.12. The monoisotopic (exact) mass is 261 g/mol. The van der Waals surface area contributed by atoms with Crippen molar-refractivity contribution in [2.45, 2.75) is 13.5 Å². The Kier molecular flexibility index (Phi) is 5.83. The molecular formula is C14H19N3O2. The van der Waals surface area contributed by atoms with Gasteiger partial charge < -0.3 is 10.1 Å². The Morgan fingerprint density at radius 3 is 2.79 bits per heavy atom. The summed E-state index contributed by atoms with van der Waals surface area (Å²) in [7, 11) is 3.17. The Morgan fingerprint density at radius 2 is 2.26 bits per heavy atom. The van der Waals surface area contributed by atoms with E-state index >= 15 is 0 Å². The van der Waals surface area contributed by atoms with Gasteiger partial charge in [-0.2, -0.15) is 5.26 Å². The van der Waals surface area contributed by atoms with E-state index in [1.807, 2.05) is 24.0 Å². The number of methoxy groups -OCH3 is 1. The lowest BCUT2D eigenvalue weighted by Crippen LogP contribution is -2.35. The fourth-order valence-electron chi connectivity index (χ4n) is 1.75. The maximum atomic E-state index is 11.4. The molecule has 5 nitrogen and oxygen atoms in total. The average molecular weight is 261 g/mol. The highest BCUT2D eigenvalue weighted by molar-refractivity contribution is 5.77. The van der Waals surface area contributed by atoms with Crippen LogP contribution >= 0.6 is 0 Å². The Balaban J connectivity index is 2.80. The van der Waals surface area contributed by atoms with Gasteiger partial charge in [-0.3, -0.25) is 9.69 Å². The van der Waals surface area contributed by atoms with Crippen molar-refractivity contribution in [3.05, 3.63) is 29.3 Å². The van der Waals surface area contributed by atoms with E-state index in [4.69, 9.17) is 10.00 Å². The van der Waals surface area contributed by atoms with Crippen molar-refractivity contribution in [1.29, 1.82) is 5.26 Å². The summed E-state index contributed by atoms with van der Waals surface area (Å²) in [5.74, 6) is 0.554. The minimum atomic E-state index is -0.0116. The molecule has 0 aromatic heterocycles. The topological polar surface area (TPSA) is 65.4 Å². The van der Waals surface area contributed by atoms with E-state index < -0.39 is 0 Å². The summed E-state index contributed by atoms with van der Waals surface area (Å²) in [4.78, 5) is 13.4. The first-order valence-corrected chi connectivity index (χ1v) is 6.14. The smallest absolute Gasteiger partial charge is 0.233 e. The van der Waals surface area contributed by atoms with E-state index in [-0.39, 0.29) is 5.91 Å². The third kappa shape index (κ3) is 4.27. The molecule has 0 saturated heterocycles. The predicted molar refractivity (Wildman–Crippen MR) is 72.7 cm³/mol. The summed E-state index contributed by atoms with van der Waals surface area (Å²) in [6, 6.07) is 7.54. The number of carbonyl (C=O) groups excluding carboxylic acids is 1. The summed E-state index contributed by atoms with van der Waals surface area (Å²) in [6.45, 7) is 3.78. The molecule has 0 aliphatic carbocycles.